The molecule has 1 aromatic carbocycles. The Bertz CT molecular complexity index is 940. The highest BCUT2D eigenvalue weighted by Gasteiger charge is 2.23. The third kappa shape index (κ3) is 3.41. The van der Waals surface area contributed by atoms with Crippen LogP contribution in [0.3, 0.4) is 0 Å². The SMILES string of the molecule is Cc1ccn2c(CC3CNCCO3)c(-c3c(C)cc(Br)cc3Cl)nc2c1. The lowest BCUT2D eigenvalue weighted by atomic mass is 10.0. The Balaban J connectivity index is 1.89. The molecule has 1 N–H and O–H groups in total. The van der Waals surface area contributed by atoms with Crippen molar-refractivity contribution in [2.75, 3.05) is 19.7 Å². The van der Waals surface area contributed by atoms with Crippen LogP contribution >= 0.6 is 27.5 Å². The first kappa shape index (κ1) is 18.0. The number of pyridine rings is 1. The van der Waals surface area contributed by atoms with Crippen LogP contribution in [0, 0.1) is 13.8 Å². The highest BCUT2D eigenvalue weighted by atomic mass is 79.9. The summed E-state index contributed by atoms with van der Waals surface area (Å²) in [6, 6.07) is 8.23. The van der Waals surface area contributed by atoms with Gasteiger partial charge in [-0.25, -0.2) is 4.98 Å². The van der Waals surface area contributed by atoms with E-state index in [1.807, 2.05) is 6.07 Å². The van der Waals surface area contributed by atoms with Crippen LogP contribution in [0.1, 0.15) is 16.8 Å². The van der Waals surface area contributed by atoms with Crippen LogP contribution in [0.15, 0.2) is 34.9 Å². The summed E-state index contributed by atoms with van der Waals surface area (Å²) in [5, 5.41) is 4.12. The van der Waals surface area contributed by atoms with Crippen LogP contribution in [-0.2, 0) is 11.2 Å². The topological polar surface area (TPSA) is 38.6 Å². The van der Waals surface area contributed by atoms with Gasteiger partial charge >= 0.3 is 0 Å². The summed E-state index contributed by atoms with van der Waals surface area (Å²) in [5.74, 6) is 0. The van der Waals surface area contributed by atoms with Gasteiger partial charge in [-0.3, -0.25) is 0 Å². The Hall–Kier alpha value is -1.40. The lowest BCUT2D eigenvalue weighted by Crippen LogP contribution is -2.39. The normalized spacial score (nSPS) is 17.8. The molecule has 0 spiro atoms. The van der Waals surface area contributed by atoms with Crippen molar-refractivity contribution in [1.29, 1.82) is 0 Å². The highest BCUT2D eigenvalue weighted by Crippen LogP contribution is 2.36. The smallest absolute Gasteiger partial charge is 0.137 e. The van der Waals surface area contributed by atoms with Gasteiger partial charge in [-0.15, -0.1) is 0 Å². The number of nitrogens with zero attached hydrogens (tertiary/aromatic N) is 2. The van der Waals surface area contributed by atoms with Crippen molar-refractivity contribution in [1.82, 2.24) is 14.7 Å². The standard InChI is InChI=1S/C20H21BrClN3O/c1-12-3-5-25-17(10-15-11-23-4-6-26-15)20(24-18(25)7-12)19-13(2)8-14(21)9-16(19)22/h3,5,7-9,15,23H,4,6,10-11H2,1-2H3. The molecule has 0 aliphatic carbocycles. The molecule has 0 bridgehead atoms. The number of ether oxygens (including phenoxy) is 1. The maximum atomic E-state index is 6.62. The van der Waals surface area contributed by atoms with Crippen molar-refractivity contribution in [2.24, 2.45) is 0 Å². The number of benzene rings is 1. The van der Waals surface area contributed by atoms with E-state index in [0.29, 0.717) is 5.02 Å². The van der Waals surface area contributed by atoms with Gasteiger partial charge in [0.25, 0.3) is 0 Å². The van der Waals surface area contributed by atoms with Gasteiger partial charge < -0.3 is 14.5 Å². The summed E-state index contributed by atoms with van der Waals surface area (Å²) in [4.78, 5) is 4.95. The Morgan fingerprint density at radius 1 is 1.35 bits per heavy atom. The number of fused-ring (bicyclic) bond motifs is 1. The van der Waals surface area contributed by atoms with Gasteiger partial charge in [-0.05, 0) is 49.2 Å². The van der Waals surface area contributed by atoms with Crippen LogP contribution in [0.5, 0.6) is 0 Å². The van der Waals surface area contributed by atoms with Gasteiger partial charge in [0.05, 0.1) is 29.1 Å². The molecular weight excluding hydrogens is 414 g/mol. The average molecular weight is 435 g/mol. The van der Waals surface area contributed by atoms with Gasteiger partial charge in [-0.1, -0.05) is 27.5 Å². The average Bonchev–Trinajstić information content (AvgIpc) is 2.92. The summed E-state index contributed by atoms with van der Waals surface area (Å²) in [6.45, 7) is 6.66. The minimum atomic E-state index is 0.137. The molecule has 1 aliphatic rings. The third-order valence-electron chi connectivity index (χ3n) is 4.79. The van der Waals surface area contributed by atoms with E-state index in [2.05, 4.69) is 63.9 Å². The summed E-state index contributed by atoms with van der Waals surface area (Å²) < 4.78 is 9.09. The molecule has 6 heteroatoms. The predicted molar refractivity (Wildman–Crippen MR) is 109 cm³/mol. The number of imidazole rings is 1. The molecule has 0 amide bonds. The second kappa shape index (κ2) is 7.31. The first-order valence-corrected chi connectivity index (χ1v) is 9.96. The van der Waals surface area contributed by atoms with Crippen molar-refractivity contribution in [3.8, 4) is 11.3 Å². The number of halogens is 2. The lowest BCUT2D eigenvalue weighted by Gasteiger charge is -2.24. The highest BCUT2D eigenvalue weighted by molar-refractivity contribution is 9.10. The third-order valence-corrected chi connectivity index (χ3v) is 5.55. The fraction of sp³-hybridized carbons (Fsp3) is 0.350. The maximum Gasteiger partial charge on any atom is 0.137 e. The number of morpholine rings is 1. The molecule has 136 valence electrons. The summed E-state index contributed by atoms with van der Waals surface area (Å²) in [7, 11) is 0. The molecule has 0 radical (unpaired) electrons. The maximum absolute atomic E-state index is 6.62. The molecule has 26 heavy (non-hydrogen) atoms. The molecule has 4 nitrogen and oxygen atoms in total. The van der Waals surface area contributed by atoms with E-state index in [4.69, 9.17) is 21.3 Å². The Morgan fingerprint density at radius 2 is 2.19 bits per heavy atom. The molecule has 3 aromatic rings. The minimum Gasteiger partial charge on any atom is -0.375 e. The van der Waals surface area contributed by atoms with Crippen LogP contribution in [0.2, 0.25) is 5.02 Å². The predicted octanol–water partition coefficient (Wildman–Crippen LogP) is 4.56. The van der Waals surface area contributed by atoms with E-state index < -0.39 is 0 Å². The minimum absolute atomic E-state index is 0.137. The zero-order valence-corrected chi connectivity index (χ0v) is 17.2. The van der Waals surface area contributed by atoms with Crippen molar-refractivity contribution in [2.45, 2.75) is 26.4 Å². The van der Waals surface area contributed by atoms with Crippen molar-refractivity contribution >= 4 is 33.2 Å². The van der Waals surface area contributed by atoms with E-state index >= 15 is 0 Å². The molecule has 0 saturated carbocycles. The Morgan fingerprint density at radius 3 is 2.92 bits per heavy atom. The van der Waals surface area contributed by atoms with Gasteiger partial charge in [0.1, 0.15) is 5.65 Å². The first-order chi connectivity index (χ1) is 12.5. The number of nitrogens with one attached hydrogen (secondary N) is 1. The molecule has 1 atom stereocenters. The number of aryl methyl sites for hydroxylation is 2. The van der Waals surface area contributed by atoms with Crippen LogP contribution < -0.4 is 5.32 Å². The monoisotopic (exact) mass is 433 g/mol. The number of hydrogen-bond acceptors (Lipinski definition) is 3. The fourth-order valence-electron chi connectivity index (χ4n) is 3.56. The van der Waals surface area contributed by atoms with E-state index in [9.17, 15) is 0 Å². The van der Waals surface area contributed by atoms with Crippen LogP contribution in [0.25, 0.3) is 16.9 Å². The second-order valence-electron chi connectivity index (χ2n) is 6.82. The molecule has 1 unspecified atom stereocenters. The molecule has 1 fully saturated rings. The van der Waals surface area contributed by atoms with E-state index in [0.717, 1.165) is 58.8 Å². The van der Waals surface area contributed by atoms with Gasteiger partial charge in [-0.2, -0.15) is 0 Å². The first-order valence-electron chi connectivity index (χ1n) is 8.79. The molecule has 1 saturated heterocycles. The Labute approximate surface area is 166 Å². The summed E-state index contributed by atoms with van der Waals surface area (Å²) >= 11 is 10.1. The Kier molecular flexibility index (Phi) is 5.06. The number of hydrogen-bond donors (Lipinski definition) is 1. The lowest BCUT2D eigenvalue weighted by molar-refractivity contribution is 0.0286. The summed E-state index contributed by atoms with van der Waals surface area (Å²) in [6.07, 6.45) is 3.02. The van der Waals surface area contributed by atoms with Gasteiger partial charge in [0, 0.05) is 35.7 Å². The zero-order valence-electron chi connectivity index (χ0n) is 14.9. The van der Waals surface area contributed by atoms with Crippen molar-refractivity contribution in [3.63, 3.8) is 0 Å². The summed E-state index contributed by atoms with van der Waals surface area (Å²) in [5.41, 5.74) is 6.32. The van der Waals surface area contributed by atoms with Gasteiger partial charge in [0.2, 0.25) is 0 Å². The van der Waals surface area contributed by atoms with E-state index in [-0.39, 0.29) is 6.10 Å². The fourth-order valence-corrected chi connectivity index (χ4v) is 4.62. The molecule has 2 aromatic heterocycles. The zero-order chi connectivity index (χ0) is 18.3. The number of rotatable bonds is 3. The molecule has 4 rings (SSSR count). The molecular formula is C20H21BrClN3O. The van der Waals surface area contributed by atoms with Crippen LogP contribution in [-0.4, -0.2) is 35.2 Å². The second-order valence-corrected chi connectivity index (χ2v) is 8.14. The molecule has 3 heterocycles. The number of aromatic nitrogens is 2. The largest absolute Gasteiger partial charge is 0.375 e. The molecule has 1 aliphatic heterocycles. The van der Waals surface area contributed by atoms with E-state index in [1.165, 1.54) is 5.56 Å². The quantitative estimate of drug-likeness (QED) is 0.656. The van der Waals surface area contributed by atoms with Crippen molar-refractivity contribution in [3.05, 3.63) is 56.8 Å². The van der Waals surface area contributed by atoms with Crippen molar-refractivity contribution < 1.29 is 4.74 Å². The van der Waals surface area contributed by atoms with Crippen LogP contribution in [0.4, 0.5) is 0 Å². The van der Waals surface area contributed by atoms with E-state index in [1.54, 1.807) is 0 Å². The van der Waals surface area contributed by atoms with Gasteiger partial charge in [0.15, 0.2) is 0 Å².